The van der Waals surface area contributed by atoms with E-state index in [1.54, 1.807) is 29.8 Å². The second-order valence-electron chi connectivity index (χ2n) is 6.24. The van der Waals surface area contributed by atoms with Crippen LogP contribution in [0.2, 0.25) is 0 Å². The zero-order valence-corrected chi connectivity index (χ0v) is 16.0. The van der Waals surface area contributed by atoms with E-state index in [1.165, 1.54) is 6.07 Å². The third-order valence-corrected chi connectivity index (χ3v) is 4.24. The molecule has 1 N–H and O–H groups in total. The van der Waals surface area contributed by atoms with Gasteiger partial charge in [0.2, 0.25) is 6.54 Å². The first-order valence-electron chi connectivity index (χ1n) is 9.17. The third kappa shape index (κ3) is 4.85. The van der Waals surface area contributed by atoms with Crippen LogP contribution in [0.4, 0.5) is 5.69 Å². The minimum Gasteiger partial charge on any atom is -0.462 e. The third-order valence-electron chi connectivity index (χ3n) is 4.24. The normalized spacial score (nSPS) is 10.1. The van der Waals surface area contributed by atoms with Crippen molar-refractivity contribution in [2.75, 3.05) is 11.9 Å². The van der Waals surface area contributed by atoms with Gasteiger partial charge in [-0.1, -0.05) is 36.4 Å². The molecule has 0 fully saturated rings. The Hall–Kier alpha value is -3.98. The Morgan fingerprint density at radius 3 is 2.52 bits per heavy atom. The van der Waals surface area contributed by atoms with Crippen LogP contribution in [0.5, 0.6) is 0 Å². The Balaban J connectivity index is 1.82. The van der Waals surface area contributed by atoms with Crippen molar-refractivity contribution < 1.29 is 18.9 Å². The summed E-state index contributed by atoms with van der Waals surface area (Å²) in [6.07, 6.45) is 3.66. The van der Waals surface area contributed by atoms with Crippen LogP contribution in [0.15, 0.2) is 73.1 Å². The number of carbonyl (C=O) groups is 2. The summed E-state index contributed by atoms with van der Waals surface area (Å²) in [5.41, 5.74) is 2.54. The van der Waals surface area contributed by atoms with E-state index in [2.05, 4.69) is 5.32 Å². The van der Waals surface area contributed by atoms with Crippen molar-refractivity contribution in [3.8, 4) is 17.2 Å². The number of para-hydroxylation sites is 1. The van der Waals surface area contributed by atoms with Crippen LogP contribution in [0.3, 0.4) is 0 Å². The lowest BCUT2D eigenvalue weighted by atomic mass is 10.1. The number of aromatic nitrogens is 1. The standard InChI is InChI=1S/C23H19N3O3/c1-2-29-23(28)20-12-6-10-18(14-24)22(20)25-21(27)16-26-13-7-11-19(15-26)17-8-4-3-5-9-17/h3-13,15H,2,16H2,1H3/p+1. The smallest absolute Gasteiger partial charge is 0.340 e. The fraction of sp³-hybridized carbons (Fsp3) is 0.130. The molecule has 0 spiro atoms. The highest BCUT2D eigenvalue weighted by molar-refractivity contribution is 6.02. The van der Waals surface area contributed by atoms with Crippen molar-refractivity contribution in [2.45, 2.75) is 13.5 Å². The highest BCUT2D eigenvalue weighted by Gasteiger charge is 2.20. The lowest BCUT2D eigenvalue weighted by Gasteiger charge is -2.11. The molecule has 3 aromatic rings. The Bertz CT molecular complexity index is 1070. The predicted octanol–water partition coefficient (Wildman–Crippen LogP) is 3.33. The summed E-state index contributed by atoms with van der Waals surface area (Å²) in [5.74, 6) is -0.938. The van der Waals surface area contributed by atoms with Gasteiger partial charge in [0.05, 0.1) is 23.4 Å². The first-order chi connectivity index (χ1) is 14.1. The number of esters is 1. The molecule has 0 radical (unpaired) electrons. The molecule has 1 amide bonds. The molecule has 29 heavy (non-hydrogen) atoms. The van der Waals surface area contributed by atoms with E-state index in [4.69, 9.17) is 4.74 Å². The van der Waals surface area contributed by atoms with Crippen LogP contribution in [0, 0.1) is 11.3 Å². The van der Waals surface area contributed by atoms with E-state index in [-0.39, 0.29) is 35.9 Å². The number of hydrogen-bond acceptors (Lipinski definition) is 4. The maximum Gasteiger partial charge on any atom is 0.340 e. The molecule has 0 bridgehead atoms. The van der Waals surface area contributed by atoms with Crippen LogP contribution in [-0.4, -0.2) is 18.5 Å². The lowest BCUT2D eigenvalue weighted by molar-refractivity contribution is -0.683. The summed E-state index contributed by atoms with van der Waals surface area (Å²) in [6.45, 7) is 1.93. The zero-order valence-electron chi connectivity index (χ0n) is 16.0. The van der Waals surface area contributed by atoms with Gasteiger partial charge in [0.1, 0.15) is 6.07 Å². The monoisotopic (exact) mass is 386 g/mol. The van der Waals surface area contributed by atoms with Crippen molar-refractivity contribution in [3.63, 3.8) is 0 Å². The first-order valence-corrected chi connectivity index (χ1v) is 9.17. The van der Waals surface area contributed by atoms with Gasteiger partial charge in [-0.3, -0.25) is 4.79 Å². The van der Waals surface area contributed by atoms with E-state index in [9.17, 15) is 14.9 Å². The molecule has 0 aliphatic heterocycles. The molecule has 1 aromatic heterocycles. The fourth-order valence-electron chi connectivity index (χ4n) is 2.93. The molecule has 0 saturated heterocycles. The second-order valence-corrected chi connectivity index (χ2v) is 6.24. The largest absolute Gasteiger partial charge is 0.462 e. The van der Waals surface area contributed by atoms with Gasteiger partial charge in [-0.25, -0.2) is 4.79 Å². The van der Waals surface area contributed by atoms with Crippen LogP contribution >= 0.6 is 0 Å². The Morgan fingerprint density at radius 1 is 1.03 bits per heavy atom. The van der Waals surface area contributed by atoms with Crippen molar-refractivity contribution in [2.24, 2.45) is 0 Å². The summed E-state index contributed by atoms with van der Waals surface area (Å²) >= 11 is 0. The number of benzene rings is 2. The molecule has 0 aliphatic rings. The van der Waals surface area contributed by atoms with Gasteiger partial charge in [0, 0.05) is 11.6 Å². The molecular weight excluding hydrogens is 366 g/mol. The number of nitrogens with one attached hydrogen (secondary N) is 1. The van der Waals surface area contributed by atoms with Crippen LogP contribution in [0.1, 0.15) is 22.8 Å². The maximum atomic E-state index is 12.6. The van der Waals surface area contributed by atoms with E-state index in [0.29, 0.717) is 0 Å². The van der Waals surface area contributed by atoms with Crippen molar-refractivity contribution in [1.82, 2.24) is 0 Å². The molecule has 6 nitrogen and oxygen atoms in total. The highest BCUT2D eigenvalue weighted by Crippen LogP contribution is 2.22. The Kier molecular flexibility index (Phi) is 6.33. The lowest BCUT2D eigenvalue weighted by Crippen LogP contribution is -2.40. The first kappa shape index (κ1) is 19.8. The fourth-order valence-corrected chi connectivity index (χ4v) is 2.93. The van der Waals surface area contributed by atoms with E-state index >= 15 is 0 Å². The molecule has 0 atom stereocenters. The van der Waals surface area contributed by atoms with Crippen LogP contribution < -0.4 is 9.88 Å². The van der Waals surface area contributed by atoms with Crippen molar-refractivity contribution in [3.05, 3.63) is 84.2 Å². The number of nitriles is 1. The molecule has 3 rings (SSSR count). The van der Waals surface area contributed by atoms with Gasteiger partial charge in [0.25, 0.3) is 5.91 Å². The van der Waals surface area contributed by atoms with Crippen molar-refractivity contribution in [1.29, 1.82) is 5.26 Å². The number of rotatable bonds is 6. The SMILES string of the molecule is CCOC(=O)c1cccc(C#N)c1NC(=O)C[n+]1cccc(-c2ccccc2)c1. The quantitative estimate of drug-likeness (QED) is 0.520. The van der Waals surface area contributed by atoms with Crippen LogP contribution in [0.25, 0.3) is 11.1 Å². The van der Waals surface area contributed by atoms with Crippen LogP contribution in [-0.2, 0) is 16.1 Å². The molecule has 2 aromatic carbocycles. The highest BCUT2D eigenvalue weighted by atomic mass is 16.5. The molecule has 1 heterocycles. The number of anilines is 1. The number of ether oxygens (including phenoxy) is 1. The van der Waals surface area contributed by atoms with E-state index in [0.717, 1.165) is 11.1 Å². The molecule has 0 unspecified atom stereocenters. The summed E-state index contributed by atoms with van der Waals surface area (Å²) in [6, 6.07) is 20.3. The number of hydrogen-bond donors (Lipinski definition) is 1. The number of carbonyl (C=O) groups excluding carboxylic acids is 2. The number of nitrogens with zero attached hydrogens (tertiary/aromatic N) is 2. The average molecular weight is 386 g/mol. The number of pyridine rings is 1. The topological polar surface area (TPSA) is 83.1 Å². The van der Waals surface area contributed by atoms with Gasteiger partial charge in [-0.15, -0.1) is 0 Å². The minimum absolute atomic E-state index is 0.0305. The number of amides is 1. The van der Waals surface area contributed by atoms with Gasteiger partial charge in [-0.2, -0.15) is 9.83 Å². The van der Waals surface area contributed by atoms with Gasteiger partial charge < -0.3 is 10.1 Å². The Labute approximate surface area is 169 Å². The summed E-state index contributed by atoms with van der Waals surface area (Å²) in [7, 11) is 0. The maximum absolute atomic E-state index is 12.6. The Morgan fingerprint density at radius 2 is 1.79 bits per heavy atom. The molecular formula is C23H20N3O3+. The summed E-state index contributed by atoms with van der Waals surface area (Å²) in [5, 5.41) is 12.1. The average Bonchev–Trinajstić information content (AvgIpc) is 2.74. The van der Waals surface area contributed by atoms with E-state index < -0.39 is 5.97 Å². The molecule has 0 saturated carbocycles. The summed E-state index contributed by atoms with van der Waals surface area (Å²) < 4.78 is 6.77. The van der Waals surface area contributed by atoms with Gasteiger partial charge in [0.15, 0.2) is 12.4 Å². The molecule has 144 valence electrons. The molecule has 0 aliphatic carbocycles. The van der Waals surface area contributed by atoms with Gasteiger partial charge in [-0.05, 0) is 30.7 Å². The second kappa shape index (κ2) is 9.29. The molecule has 6 heteroatoms. The zero-order chi connectivity index (χ0) is 20.6. The summed E-state index contributed by atoms with van der Waals surface area (Å²) in [4.78, 5) is 24.8. The van der Waals surface area contributed by atoms with Gasteiger partial charge >= 0.3 is 5.97 Å². The van der Waals surface area contributed by atoms with E-state index in [1.807, 2.05) is 54.7 Å². The van der Waals surface area contributed by atoms with Crippen molar-refractivity contribution >= 4 is 17.6 Å². The predicted molar refractivity (Wildman–Crippen MR) is 108 cm³/mol. The minimum atomic E-state index is -0.585.